The molecule has 100 valence electrons. The lowest BCUT2D eigenvalue weighted by Gasteiger charge is -2.09. The van der Waals surface area contributed by atoms with Gasteiger partial charge in [0.25, 0.3) is 0 Å². The molecule has 0 saturated carbocycles. The van der Waals surface area contributed by atoms with Gasteiger partial charge >= 0.3 is 6.18 Å². The number of rotatable bonds is 1. The average Bonchev–Trinajstić information content (AvgIpc) is 2.35. The Labute approximate surface area is 104 Å². The second-order valence-corrected chi connectivity index (χ2v) is 3.84. The van der Waals surface area contributed by atoms with Gasteiger partial charge in [0.05, 0.1) is 5.56 Å². The van der Waals surface area contributed by atoms with E-state index < -0.39 is 29.1 Å². The lowest BCUT2D eigenvalue weighted by molar-refractivity contribution is -0.137. The van der Waals surface area contributed by atoms with Gasteiger partial charge in [-0.3, -0.25) is 0 Å². The zero-order valence-electron chi connectivity index (χ0n) is 9.30. The zero-order valence-corrected chi connectivity index (χ0v) is 9.30. The lowest BCUT2D eigenvalue weighted by atomic mass is 10.0. The minimum atomic E-state index is -4.49. The van der Waals surface area contributed by atoms with Crippen molar-refractivity contribution >= 4 is 0 Å². The van der Waals surface area contributed by atoms with E-state index in [0.29, 0.717) is 0 Å². The van der Waals surface area contributed by atoms with Crippen LogP contribution in [0.2, 0.25) is 0 Å². The third kappa shape index (κ3) is 2.52. The summed E-state index contributed by atoms with van der Waals surface area (Å²) < 4.78 is 63.7. The van der Waals surface area contributed by atoms with Crippen molar-refractivity contribution in [3.8, 4) is 16.9 Å². The van der Waals surface area contributed by atoms with Gasteiger partial charge in [-0.05, 0) is 29.8 Å². The van der Waals surface area contributed by atoms with Crippen LogP contribution in [0.15, 0.2) is 36.4 Å². The maximum absolute atomic E-state index is 13.5. The summed E-state index contributed by atoms with van der Waals surface area (Å²) in [7, 11) is 0. The molecule has 2 aromatic carbocycles. The van der Waals surface area contributed by atoms with Crippen LogP contribution < -0.4 is 0 Å². The highest BCUT2D eigenvalue weighted by Gasteiger charge is 2.30. The Balaban J connectivity index is 2.46. The minimum absolute atomic E-state index is 0.0874. The smallest absolute Gasteiger partial charge is 0.416 e. The molecule has 19 heavy (non-hydrogen) atoms. The first-order valence-corrected chi connectivity index (χ1v) is 5.15. The number of phenolic OH excluding ortho intramolecular Hbond substituents is 1. The van der Waals surface area contributed by atoms with E-state index in [0.717, 1.165) is 36.4 Å². The highest BCUT2D eigenvalue weighted by molar-refractivity contribution is 5.65. The normalized spacial score (nSPS) is 11.6. The summed E-state index contributed by atoms with van der Waals surface area (Å²) in [5.74, 6) is -3.59. The van der Waals surface area contributed by atoms with E-state index in [1.807, 2.05) is 0 Å². The Bertz CT molecular complexity index is 602. The number of phenols is 1. The van der Waals surface area contributed by atoms with E-state index in [9.17, 15) is 22.0 Å². The summed E-state index contributed by atoms with van der Waals surface area (Å²) in [6.45, 7) is 0. The maximum atomic E-state index is 13.5. The second-order valence-electron chi connectivity index (χ2n) is 3.84. The van der Waals surface area contributed by atoms with Crippen LogP contribution in [0.25, 0.3) is 11.1 Å². The fraction of sp³-hybridized carbons (Fsp3) is 0.0769. The van der Waals surface area contributed by atoms with E-state index in [2.05, 4.69) is 0 Å². The van der Waals surface area contributed by atoms with Crippen molar-refractivity contribution in [1.82, 2.24) is 0 Å². The van der Waals surface area contributed by atoms with Crippen molar-refractivity contribution in [2.45, 2.75) is 6.18 Å². The quantitative estimate of drug-likeness (QED) is 0.766. The summed E-state index contributed by atoms with van der Waals surface area (Å²) in [5, 5.41) is 8.96. The molecular formula is C13H7F5O. The van der Waals surface area contributed by atoms with E-state index in [4.69, 9.17) is 5.11 Å². The van der Waals surface area contributed by atoms with Crippen LogP contribution in [-0.4, -0.2) is 5.11 Å². The Hall–Kier alpha value is -2.11. The van der Waals surface area contributed by atoms with Crippen LogP contribution >= 0.6 is 0 Å². The highest BCUT2D eigenvalue weighted by atomic mass is 19.4. The largest absolute Gasteiger partial charge is 0.505 e. The number of halogens is 5. The van der Waals surface area contributed by atoms with E-state index in [1.165, 1.54) is 0 Å². The topological polar surface area (TPSA) is 20.2 Å². The summed E-state index contributed by atoms with van der Waals surface area (Å²) in [5.41, 5.74) is -1.01. The maximum Gasteiger partial charge on any atom is 0.416 e. The molecule has 0 aliphatic rings. The van der Waals surface area contributed by atoms with Gasteiger partial charge in [-0.25, -0.2) is 4.39 Å². The Kier molecular flexibility index (Phi) is 3.18. The van der Waals surface area contributed by atoms with Gasteiger partial charge in [0.15, 0.2) is 11.6 Å². The molecule has 6 heteroatoms. The first-order chi connectivity index (χ1) is 8.80. The molecule has 0 bridgehead atoms. The van der Waals surface area contributed by atoms with Crippen LogP contribution in [-0.2, 0) is 6.18 Å². The average molecular weight is 274 g/mol. The van der Waals surface area contributed by atoms with Crippen molar-refractivity contribution in [3.63, 3.8) is 0 Å². The minimum Gasteiger partial charge on any atom is -0.505 e. The first kappa shape index (κ1) is 13.3. The van der Waals surface area contributed by atoms with E-state index in [-0.39, 0.29) is 11.1 Å². The van der Waals surface area contributed by atoms with Crippen molar-refractivity contribution in [1.29, 1.82) is 0 Å². The van der Waals surface area contributed by atoms with Gasteiger partial charge in [-0.2, -0.15) is 17.6 Å². The number of hydrogen-bond acceptors (Lipinski definition) is 1. The predicted molar refractivity (Wildman–Crippen MR) is 58.5 cm³/mol. The third-order valence-electron chi connectivity index (χ3n) is 2.59. The standard InChI is InChI=1S/C13H7F5O/c14-11-9(5-6-10(19)12(11)15)7-1-3-8(4-2-7)13(16,17)18/h1-6,19H. The van der Waals surface area contributed by atoms with Crippen LogP contribution in [0, 0.1) is 11.6 Å². The van der Waals surface area contributed by atoms with E-state index in [1.54, 1.807) is 0 Å². The van der Waals surface area contributed by atoms with Crippen molar-refractivity contribution < 1.29 is 27.1 Å². The van der Waals surface area contributed by atoms with Crippen molar-refractivity contribution in [2.75, 3.05) is 0 Å². The molecule has 2 aromatic rings. The molecule has 0 radical (unpaired) electrons. The zero-order chi connectivity index (χ0) is 14.2. The van der Waals surface area contributed by atoms with E-state index >= 15 is 0 Å². The molecule has 0 heterocycles. The molecule has 0 aromatic heterocycles. The summed E-state index contributed by atoms with van der Waals surface area (Å²) >= 11 is 0. The van der Waals surface area contributed by atoms with Gasteiger partial charge in [-0.15, -0.1) is 0 Å². The van der Waals surface area contributed by atoms with Crippen molar-refractivity contribution in [3.05, 3.63) is 53.6 Å². The van der Waals surface area contributed by atoms with Gasteiger partial charge < -0.3 is 5.11 Å². The summed E-state index contributed by atoms with van der Waals surface area (Å²) in [6.07, 6.45) is -4.49. The van der Waals surface area contributed by atoms with Gasteiger partial charge in [0.1, 0.15) is 0 Å². The van der Waals surface area contributed by atoms with Gasteiger partial charge in [0.2, 0.25) is 5.82 Å². The highest BCUT2D eigenvalue weighted by Crippen LogP contribution is 2.33. The van der Waals surface area contributed by atoms with Gasteiger partial charge in [-0.1, -0.05) is 12.1 Å². The fourth-order valence-electron chi connectivity index (χ4n) is 1.60. The molecule has 0 unspecified atom stereocenters. The number of alkyl halides is 3. The Morgan fingerprint density at radius 2 is 1.37 bits per heavy atom. The van der Waals surface area contributed by atoms with Crippen molar-refractivity contribution in [2.24, 2.45) is 0 Å². The summed E-state index contributed by atoms with van der Waals surface area (Å²) in [6, 6.07) is 5.66. The fourth-order valence-corrected chi connectivity index (χ4v) is 1.60. The molecule has 0 atom stereocenters. The van der Waals surface area contributed by atoms with Gasteiger partial charge in [0, 0.05) is 5.56 Å². The number of benzene rings is 2. The molecule has 0 aliphatic carbocycles. The molecule has 0 aliphatic heterocycles. The summed E-state index contributed by atoms with van der Waals surface area (Å²) in [4.78, 5) is 0. The molecule has 1 nitrogen and oxygen atoms in total. The Morgan fingerprint density at radius 1 is 0.789 bits per heavy atom. The molecule has 2 rings (SSSR count). The Morgan fingerprint density at radius 3 is 1.89 bits per heavy atom. The van der Waals surface area contributed by atoms with Crippen LogP contribution in [0.3, 0.4) is 0 Å². The predicted octanol–water partition coefficient (Wildman–Crippen LogP) is 4.36. The van der Waals surface area contributed by atoms with Crippen LogP contribution in [0.1, 0.15) is 5.56 Å². The first-order valence-electron chi connectivity index (χ1n) is 5.15. The third-order valence-corrected chi connectivity index (χ3v) is 2.59. The number of aromatic hydroxyl groups is 1. The molecule has 0 spiro atoms. The van der Waals surface area contributed by atoms with Crippen LogP contribution in [0.5, 0.6) is 5.75 Å². The second kappa shape index (κ2) is 4.53. The van der Waals surface area contributed by atoms with Crippen LogP contribution in [0.4, 0.5) is 22.0 Å². The lowest BCUT2D eigenvalue weighted by Crippen LogP contribution is -2.04. The SMILES string of the molecule is Oc1ccc(-c2ccc(C(F)(F)F)cc2)c(F)c1F. The monoisotopic (exact) mass is 274 g/mol. The molecule has 1 N–H and O–H groups in total. The number of hydrogen-bond donors (Lipinski definition) is 1. The molecule has 0 amide bonds. The molecular weight excluding hydrogens is 267 g/mol. The molecule has 0 saturated heterocycles. The molecule has 0 fully saturated rings.